The van der Waals surface area contributed by atoms with Crippen molar-refractivity contribution in [3.8, 4) is 16.9 Å². The van der Waals surface area contributed by atoms with Crippen LogP contribution in [0.4, 0.5) is 17.1 Å². The first-order valence-electron chi connectivity index (χ1n) is 11.3. The minimum atomic E-state index is 0. The number of rotatable bonds is 6. The first kappa shape index (κ1) is 20.4. The highest BCUT2D eigenvalue weighted by Gasteiger charge is 2.15. The van der Waals surface area contributed by atoms with Gasteiger partial charge >= 0.3 is 0 Å². The van der Waals surface area contributed by atoms with E-state index in [1.54, 1.807) is 0 Å². The summed E-state index contributed by atoms with van der Waals surface area (Å²) in [7, 11) is 0. The van der Waals surface area contributed by atoms with E-state index in [-0.39, 0.29) is 1.43 Å². The van der Waals surface area contributed by atoms with Gasteiger partial charge in [0.25, 0.3) is 0 Å². The van der Waals surface area contributed by atoms with E-state index in [0.717, 1.165) is 41.5 Å². The first-order valence-corrected chi connectivity index (χ1v) is 11.3. The molecule has 0 unspecified atom stereocenters. The molecular formula is C26H31N5O. The highest BCUT2D eigenvalue weighted by Crippen LogP contribution is 2.35. The Morgan fingerprint density at radius 2 is 1.75 bits per heavy atom. The number of aliphatic imine (C=N–C) groups is 1. The Hall–Kier alpha value is -3.51. The van der Waals surface area contributed by atoms with Gasteiger partial charge in [-0.3, -0.25) is 15.8 Å². The molecule has 0 radical (unpaired) electrons. The third-order valence-corrected chi connectivity index (χ3v) is 5.94. The van der Waals surface area contributed by atoms with Crippen LogP contribution in [0.15, 0.2) is 71.7 Å². The SMILES string of the molecule is Cc1cc(-c2ccccc2)cc2c1N=C(Nc1ccc(OCCN3CCCC3)cc1)NN2.[HH]. The summed E-state index contributed by atoms with van der Waals surface area (Å²) < 4.78 is 5.90. The molecule has 0 aromatic heterocycles. The number of hydrogen-bond donors (Lipinski definition) is 3. The van der Waals surface area contributed by atoms with Crippen LogP contribution in [0, 0.1) is 6.92 Å². The number of ether oxygens (including phenoxy) is 1. The molecule has 2 aliphatic heterocycles. The fourth-order valence-electron chi connectivity index (χ4n) is 4.22. The highest BCUT2D eigenvalue weighted by molar-refractivity contribution is 6.00. The van der Waals surface area contributed by atoms with Gasteiger partial charge < -0.3 is 10.1 Å². The molecule has 0 saturated carbocycles. The van der Waals surface area contributed by atoms with Gasteiger partial charge in [-0.1, -0.05) is 30.3 Å². The summed E-state index contributed by atoms with van der Waals surface area (Å²) in [5.41, 5.74) is 12.8. The van der Waals surface area contributed by atoms with Gasteiger partial charge in [0.05, 0.1) is 11.4 Å². The second kappa shape index (κ2) is 9.32. The Kier molecular flexibility index (Phi) is 5.94. The lowest BCUT2D eigenvalue weighted by Crippen LogP contribution is -2.37. The molecule has 5 rings (SSSR count). The van der Waals surface area contributed by atoms with Gasteiger partial charge in [0.15, 0.2) is 0 Å². The van der Waals surface area contributed by atoms with Crippen molar-refractivity contribution in [2.45, 2.75) is 19.8 Å². The largest absolute Gasteiger partial charge is 0.492 e. The average Bonchev–Trinajstić information content (AvgIpc) is 3.35. The number of benzene rings is 3. The molecule has 1 saturated heterocycles. The van der Waals surface area contributed by atoms with Crippen molar-refractivity contribution >= 4 is 23.0 Å². The quantitative estimate of drug-likeness (QED) is 0.489. The molecule has 3 aromatic rings. The number of fused-ring (bicyclic) bond motifs is 1. The zero-order chi connectivity index (χ0) is 21.8. The zero-order valence-electron chi connectivity index (χ0n) is 18.4. The van der Waals surface area contributed by atoms with Crippen molar-refractivity contribution in [1.82, 2.24) is 10.3 Å². The summed E-state index contributed by atoms with van der Waals surface area (Å²) in [5, 5.41) is 3.34. The van der Waals surface area contributed by atoms with E-state index in [4.69, 9.17) is 9.73 Å². The molecular weight excluding hydrogens is 398 g/mol. The van der Waals surface area contributed by atoms with Crippen LogP contribution in [0.2, 0.25) is 0 Å². The molecule has 2 heterocycles. The molecule has 3 N–H and O–H groups in total. The van der Waals surface area contributed by atoms with Gasteiger partial charge in [-0.2, -0.15) is 0 Å². The number of hydrogen-bond acceptors (Lipinski definition) is 6. The molecule has 166 valence electrons. The molecule has 1 fully saturated rings. The molecule has 0 aliphatic carbocycles. The van der Waals surface area contributed by atoms with Gasteiger partial charge in [0.2, 0.25) is 5.96 Å². The van der Waals surface area contributed by atoms with E-state index in [9.17, 15) is 0 Å². The minimum Gasteiger partial charge on any atom is -0.492 e. The number of aryl methyl sites for hydroxylation is 1. The van der Waals surface area contributed by atoms with Crippen LogP contribution in [0.3, 0.4) is 0 Å². The van der Waals surface area contributed by atoms with E-state index in [1.165, 1.54) is 37.1 Å². The molecule has 2 aliphatic rings. The maximum absolute atomic E-state index is 5.90. The minimum absolute atomic E-state index is 0. The van der Waals surface area contributed by atoms with Crippen LogP contribution in [-0.4, -0.2) is 37.1 Å². The number of nitrogens with zero attached hydrogens (tertiary/aromatic N) is 2. The van der Waals surface area contributed by atoms with Gasteiger partial charge in [-0.25, -0.2) is 4.99 Å². The third-order valence-electron chi connectivity index (χ3n) is 5.94. The molecule has 6 heteroatoms. The number of hydrazine groups is 1. The highest BCUT2D eigenvalue weighted by atomic mass is 16.5. The number of anilines is 2. The second-order valence-corrected chi connectivity index (χ2v) is 8.31. The van der Waals surface area contributed by atoms with Crippen molar-refractivity contribution in [2.75, 3.05) is 37.0 Å². The van der Waals surface area contributed by atoms with E-state index in [2.05, 4.69) is 64.4 Å². The fraction of sp³-hybridized carbons (Fsp3) is 0.269. The van der Waals surface area contributed by atoms with E-state index >= 15 is 0 Å². The predicted octanol–water partition coefficient (Wildman–Crippen LogP) is 5.41. The van der Waals surface area contributed by atoms with Crippen LogP contribution in [0.25, 0.3) is 11.1 Å². The van der Waals surface area contributed by atoms with E-state index < -0.39 is 0 Å². The summed E-state index contributed by atoms with van der Waals surface area (Å²) in [4.78, 5) is 7.24. The molecule has 32 heavy (non-hydrogen) atoms. The van der Waals surface area contributed by atoms with Gasteiger partial charge in [0.1, 0.15) is 12.4 Å². The van der Waals surface area contributed by atoms with E-state index in [1.807, 2.05) is 30.3 Å². The molecule has 0 spiro atoms. The Balaban J connectivity index is 0.00000259. The molecule has 6 nitrogen and oxygen atoms in total. The van der Waals surface area contributed by atoms with Crippen molar-refractivity contribution in [3.05, 3.63) is 72.3 Å². The van der Waals surface area contributed by atoms with Crippen LogP contribution < -0.4 is 20.9 Å². The Morgan fingerprint density at radius 3 is 2.53 bits per heavy atom. The zero-order valence-corrected chi connectivity index (χ0v) is 18.4. The summed E-state index contributed by atoms with van der Waals surface area (Å²) in [5.74, 6) is 1.55. The lowest BCUT2D eigenvalue weighted by atomic mass is 10.0. The number of nitrogens with one attached hydrogen (secondary N) is 3. The predicted molar refractivity (Wildman–Crippen MR) is 134 cm³/mol. The van der Waals surface area contributed by atoms with Crippen molar-refractivity contribution in [1.29, 1.82) is 0 Å². The van der Waals surface area contributed by atoms with Crippen molar-refractivity contribution in [2.24, 2.45) is 4.99 Å². The maximum Gasteiger partial charge on any atom is 0.220 e. The first-order chi connectivity index (χ1) is 15.7. The lowest BCUT2D eigenvalue weighted by Gasteiger charge is -2.22. The number of likely N-dealkylation sites (tertiary alicyclic amines) is 1. The van der Waals surface area contributed by atoms with Crippen LogP contribution in [0.1, 0.15) is 19.8 Å². The normalized spacial score (nSPS) is 15.3. The van der Waals surface area contributed by atoms with Gasteiger partial charge in [-0.05, 0) is 85.9 Å². The smallest absolute Gasteiger partial charge is 0.220 e. The van der Waals surface area contributed by atoms with Crippen molar-refractivity contribution < 1.29 is 6.16 Å². The summed E-state index contributed by atoms with van der Waals surface area (Å²) in [6, 6.07) is 22.7. The Morgan fingerprint density at radius 1 is 0.969 bits per heavy atom. The molecule has 3 aromatic carbocycles. The van der Waals surface area contributed by atoms with Gasteiger partial charge in [-0.15, -0.1) is 0 Å². The van der Waals surface area contributed by atoms with Gasteiger partial charge in [0, 0.05) is 13.7 Å². The topological polar surface area (TPSA) is 60.9 Å². The second-order valence-electron chi connectivity index (χ2n) is 8.31. The summed E-state index contributed by atoms with van der Waals surface area (Å²) >= 11 is 0. The standard InChI is InChI=1S/C26H29N5O.H2/c1-19-17-21(20-7-3-2-4-8-20)18-24-25(19)28-26(30-29-24)27-22-9-11-23(12-10-22)32-16-15-31-13-5-6-14-31;/h2-4,7-12,17-18,29H,5-6,13-16H2,1H3,(H2,27,28,30);1H. The summed E-state index contributed by atoms with van der Waals surface area (Å²) in [6.45, 7) is 6.22. The van der Waals surface area contributed by atoms with Crippen molar-refractivity contribution in [3.63, 3.8) is 0 Å². The van der Waals surface area contributed by atoms with Crippen LogP contribution in [-0.2, 0) is 0 Å². The monoisotopic (exact) mass is 429 g/mol. The van der Waals surface area contributed by atoms with E-state index in [0.29, 0.717) is 5.96 Å². The fourth-order valence-corrected chi connectivity index (χ4v) is 4.22. The van der Waals surface area contributed by atoms with Crippen LogP contribution in [0.5, 0.6) is 5.75 Å². The Bertz CT molecular complexity index is 1100. The maximum atomic E-state index is 5.90. The molecule has 0 atom stereocenters. The Labute approximate surface area is 190 Å². The third kappa shape index (κ3) is 4.70. The lowest BCUT2D eigenvalue weighted by molar-refractivity contribution is 0.238. The number of guanidine groups is 1. The summed E-state index contributed by atoms with van der Waals surface area (Å²) in [6.07, 6.45) is 2.62. The average molecular weight is 430 g/mol. The molecule has 0 bridgehead atoms. The molecule has 0 amide bonds. The van der Waals surface area contributed by atoms with Crippen LogP contribution >= 0.6 is 0 Å².